The van der Waals surface area contributed by atoms with Crippen LogP contribution in [0, 0.1) is 5.92 Å². The van der Waals surface area contributed by atoms with E-state index in [9.17, 15) is 4.79 Å². The standard InChI is InChI=1S/C16H19BrClNO/c17-13-10-12(7-8-14(13)18)16(20)19-9-3-5-11-4-1-2-6-15(11)19/h7-8,10-11,15H,1-6,9H2. The second-order valence-electron chi connectivity index (χ2n) is 5.88. The van der Waals surface area contributed by atoms with Crippen LogP contribution < -0.4 is 0 Å². The number of carbonyl (C=O) groups is 1. The Balaban J connectivity index is 1.83. The average Bonchev–Trinajstić information content (AvgIpc) is 2.49. The molecule has 1 heterocycles. The molecule has 4 heteroatoms. The smallest absolute Gasteiger partial charge is 0.254 e. The molecule has 1 aliphatic heterocycles. The Bertz CT molecular complexity index is 517. The Labute approximate surface area is 133 Å². The van der Waals surface area contributed by atoms with Crippen molar-refractivity contribution in [2.24, 2.45) is 5.92 Å². The Morgan fingerprint density at radius 3 is 2.75 bits per heavy atom. The van der Waals surface area contributed by atoms with Crippen molar-refractivity contribution in [3.63, 3.8) is 0 Å². The van der Waals surface area contributed by atoms with E-state index >= 15 is 0 Å². The average molecular weight is 357 g/mol. The van der Waals surface area contributed by atoms with Gasteiger partial charge in [0.1, 0.15) is 0 Å². The predicted molar refractivity (Wildman–Crippen MR) is 85.2 cm³/mol. The number of hydrogen-bond donors (Lipinski definition) is 0. The van der Waals surface area contributed by atoms with Crippen LogP contribution in [0.4, 0.5) is 0 Å². The van der Waals surface area contributed by atoms with Gasteiger partial charge in [-0.05, 0) is 65.7 Å². The molecule has 20 heavy (non-hydrogen) atoms. The summed E-state index contributed by atoms with van der Waals surface area (Å²) in [4.78, 5) is 14.9. The first-order chi connectivity index (χ1) is 9.66. The molecule has 2 atom stereocenters. The van der Waals surface area contributed by atoms with Gasteiger partial charge in [-0.25, -0.2) is 0 Å². The zero-order valence-electron chi connectivity index (χ0n) is 11.4. The number of rotatable bonds is 1. The van der Waals surface area contributed by atoms with Gasteiger partial charge >= 0.3 is 0 Å². The molecule has 1 amide bonds. The summed E-state index contributed by atoms with van der Waals surface area (Å²) in [6, 6.07) is 5.93. The van der Waals surface area contributed by atoms with Crippen molar-refractivity contribution in [1.82, 2.24) is 4.90 Å². The molecule has 0 N–H and O–H groups in total. The summed E-state index contributed by atoms with van der Waals surface area (Å²) in [7, 11) is 0. The van der Waals surface area contributed by atoms with Crippen molar-refractivity contribution in [2.75, 3.05) is 6.54 Å². The van der Waals surface area contributed by atoms with Crippen molar-refractivity contribution in [3.05, 3.63) is 33.3 Å². The molecule has 2 unspecified atom stereocenters. The van der Waals surface area contributed by atoms with E-state index in [4.69, 9.17) is 11.6 Å². The highest BCUT2D eigenvalue weighted by molar-refractivity contribution is 9.10. The minimum atomic E-state index is 0.166. The summed E-state index contributed by atoms with van der Waals surface area (Å²) < 4.78 is 0.794. The normalized spacial score (nSPS) is 26.2. The minimum absolute atomic E-state index is 0.166. The summed E-state index contributed by atoms with van der Waals surface area (Å²) >= 11 is 9.41. The van der Waals surface area contributed by atoms with E-state index in [1.165, 1.54) is 32.1 Å². The summed E-state index contributed by atoms with van der Waals surface area (Å²) in [5.74, 6) is 0.885. The van der Waals surface area contributed by atoms with E-state index in [1.54, 1.807) is 6.07 Å². The van der Waals surface area contributed by atoms with Crippen LogP contribution in [0.2, 0.25) is 5.02 Å². The summed E-state index contributed by atoms with van der Waals surface area (Å²) in [6.45, 7) is 0.903. The number of hydrogen-bond acceptors (Lipinski definition) is 1. The predicted octanol–water partition coefficient (Wildman–Crippen LogP) is 4.90. The van der Waals surface area contributed by atoms with Crippen molar-refractivity contribution in [1.29, 1.82) is 0 Å². The Hall–Kier alpha value is -0.540. The lowest BCUT2D eigenvalue weighted by molar-refractivity contribution is 0.0390. The van der Waals surface area contributed by atoms with Gasteiger partial charge in [0.15, 0.2) is 0 Å². The van der Waals surface area contributed by atoms with Crippen LogP contribution in [0.3, 0.4) is 0 Å². The lowest BCUT2D eigenvalue weighted by Crippen LogP contribution is -2.49. The zero-order chi connectivity index (χ0) is 14.1. The van der Waals surface area contributed by atoms with Gasteiger partial charge in [-0.15, -0.1) is 0 Å². The topological polar surface area (TPSA) is 20.3 Å². The number of carbonyl (C=O) groups excluding carboxylic acids is 1. The highest BCUT2D eigenvalue weighted by Crippen LogP contribution is 2.36. The number of benzene rings is 1. The molecular weight excluding hydrogens is 338 g/mol. The van der Waals surface area contributed by atoms with E-state index < -0.39 is 0 Å². The third kappa shape index (κ3) is 2.75. The molecule has 2 aliphatic rings. The highest BCUT2D eigenvalue weighted by Gasteiger charge is 2.35. The molecule has 1 saturated heterocycles. The first-order valence-electron chi connectivity index (χ1n) is 7.43. The van der Waals surface area contributed by atoms with E-state index in [-0.39, 0.29) is 5.91 Å². The number of fused-ring (bicyclic) bond motifs is 1. The van der Waals surface area contributed by atoms with Crippen molar-refractivity contribution in [2.45, 2.75) is 44.6 Å². The van der Waals surface area contributed by atoms with Gasteiger partial charge in [0.05, 0.1) is 5.02 Å². The molecule has 0 radical (unpaired) electrons. The van der Waals surface area contributed by atoms with E-state index in [2.05, 4.69) is 20.8 Å². The van der Waals surface area contributed by atoms with Crippen molar-refractivity contribution < 1.29 is 4.79 Å². The number of amides is 1. The van der Waals surface area contributed by atoms with Crippen LogP contribution in [-0.2, 0) is 0 Å². The number of piperidine rings is 1. The lowest BCUT2D eigenvalue weighted by Gasteiger charge is -2.44. The Morgan fingerprint density at radius 1 is 1.20 bits per heavy atom. The Kier molecular flexibility index (Phi) is 4.37. The summed E-state index contributed by atoms with van der Waals surface area (Å²) in [6.07, 6.45) is 7.48. The second-order valence-corrected chi connectivity index (χ2v) is 7.14. The SMILES string of the molecule is O=C(c1ccc(Cl)c(Br)c1)N1CCCC2CCCCC21. The van der Waals surface area contributed by atoms with Crippen LogP contribution in [0.1, 0.15) is 48.9 Å². The van der Waals surface area contributed by atoms with Crippen LogP contribution in [0.15, 0.2) is 22.7 Å². The number of nitrogens with zero attached hydrogens (tertiary/aromatic N) is 1. The molecule has 1 aromatic carbocycles. The molecule has 0 spiro atoms. The molecule has 0 aromatic heterocycles. The molecular formula is C16H19BrClNO. The van der Waals surface area contributed by atoms with Gasteiger partial charge in [0, 0.05) is 22.6 Å². The van der Waals surface area contributed by atoms with Crippen molar-refractivity contribution in [3.8, 4) is 0 Å². The van der Waals surface area contributed by atoms with Crippen LogP contribution in [0.5, 0.6) is 0 Å². The quantitative estimate of drug-likeness (QED) is 0.701. The molecule has 1 aromatic rings. The third-order valence-electron chi connectivity index (χ3n) is 4.67. The molecule has 1 saturated carbocycles. The molecule has 108 valence electrons. The fraction of sp³-hybridized carbons (Fsp3) is 0.562. The van der Waals surface area contributed by atoms with Gasteiger partial charge in [-0.1, -0.05) is 24.4 Å². The number of likely N-dealkylation sites (tertiary alicyclic amines) is 1. The first kappa shape index (κ1) is 14.4. The minimum Gasteiger partial charge on any atom is -0.335 e. The van der Waals surface area contributed by atoms with E-state index in [0.29, 0.717) is 11.1 Å². The van der Waals surface area contributed by atoms with E-state index in [0.717, 1.165) is 28.9 Å². The maximum Gasteiger partial charge on any atom is 0.254 e. The highest BCUT2D eigenvalue weighted by atomic mass is 79.9. The summed E-state index contributed by atoms with van der Waals surface area (Å²) in [5, 5.41) is 0.649. The fourth-order valence-electron chi connectivity index (χ4n) is 3.67. The maximum absolute atomic E-state index is 12.8. The second kappa shape index (κ2) is 6.07. The van der Waals surface area contributed by atoms with Gasteiger partial charge in [0.25, 0.3) is 5.91 Å². The largest absolute Gasteiger partial charge is 0.335 e. The van der Waals surface area contributed by atoms with Gasteiger partial charge in [-0.2, -0.15) is 0 Å². The molecule has 2 nitrogen and oxygen atoms in total. The summed E-state index contributed by atoms with van der Waals surface area (Å²) in [5.41, 5.74) is 0.743. The third-order valence-corrected chi connectivity index (χ3v) is 5.88. The maximum atomic E-state index is 12.8. The lowest BCUT2D eigenvalue weighted by atomic mass is 9.78. The molecule has 3 rings (SSSR count). The first-order valence-corrected chi connectivity index (χ1v) is 8.60. The van der Waals surface area contributed by atoms with E-state index in [1.807, 2.05) is 12.1 Å². The van der Waals surface area contributed by atoms with Crippen LogP contribution >= 0.6 is 27.5 Å². The zero-order valence-corrected chi connectivity index (χ0v) is 13.8. The molecule has 0 bridgehead atoms. The van der Waals surface area contributed by atoms with Gasteiger partial charge < -0.3 is 4.90 Å². The fourth-order valence-corrected chi connectivity index (χ4v) is 4.17. The van der Waals surface area contributed by atoms with Crippen LogP contribution in [0.25, 0.3) is 0 Å². The molecule has 2 fully saturated rings. The van der Waals surface area contributed by atoms with Gasteiger partial charge in [0.2, 0.25) is 0 Å². The van der Waals surface area contributed by atoms with Gasteiger partial charge in [-0.3, -0.25) is 4.79 Å². The molecule has 1 aliphatic carbocycles. The van der Waals surface area contributed by atoms with Crippen molar-refractivity contribution >= 4 is 33.4 Å². The number of halogens is 2. The monoisotopic (exact) mass is 355 g/mol. The Morgan fingerprint density at radius 2 is 1.95 bits per heavy atom. The van der Waals surface area contributed by atoms with Crippen LogP contribution in [-0.4, -0.2) is 23.4 Å².